The maximum Gasteiger partial charge on any atom is 0.0182 e. The second-order valence-electron chi connectivity index (χ2n) is 12.4. The molecule has 0 fully saturated rings. The molecule has 37 heavy (non-hydrogen) atoms. The highest BCUT2D eigenvalue weighted by atomic mass is 35.5. The molecule has 0 aromatic carbocycles. The molecule has 2 N–H and O–H groups in total. The third kappa shape index (κ3) is 25.0. The van der Waals surface area contributed by atoms with E-state index in [4.69, 9.17) is 5.73 Å². The van der Waals surface area contributed by atoms with E-state index in [2.05, 4.69) is 27.7 Å². The van der Waals surface area contributed by atoms with E-state index in [0.717, 1.165) is 5.92 Å². The van der Waals surface area contributed by atoms with Crippen LogP contribution in [0.3, 0.4) is 0 Å². The van der Waals surface area contributed by atoms with E-state index in [9.17, 15) is 0 Å². The van der Waals surface area contributed by atoms with Gasteiger partial charge in [0.1, 0.15) is 0 Å². The van der Waals surface area contributed by atoms with Crippen molar-refractivity contribution < 1.29 is 0 Å². The van der Waals surface area contributed by atoms with Gasteiger partial charge in [-0.2, -0.15) is 0 Å². The van der Waals surface area contributed by atoms with Gasteiger partial charge >= 0.3 is 0 Å². The summed E-state index contributed by atoms with van der Waals surface area (Å²) in [5.74, 6) is 0.755. The molecule has 1 atom stereocenters. The summed E-state index contributed by atoms with van der Waals surface area (Å²) >= 11 is 0. The fourth-order valence-corrected chi connectivity index (χ4v) is 6.24. The molecular formula is C35H74ClN. The van der Waals surface area contributed by atoms with E-state index in [-0.39, 0.29) is 17.9 Å². The van der Waals surface area contributed by atoms with E-state index in [0.29, 0.717) is 0 Å². The fraction of sp³-hybridized carbons (Fsp3) is 1.00. The molecule has 0 bridgehead atoms. The van der Waals surface area contributed by atoms with Crippen LogP contribution in [0.5, 0.6) is 0 Å². The summed E-state index contributed by atoms with van der Waals surface area (Å²) in [7, 11) is 0. The van der Waals surface area contributed by atoms with Crippen LogP contribution in [0.25, 0.3) is 0 Å². The highest BCUT2D eigenvalue weighted by Crippen LogP contribution is 2.35. The van der Waals surface area contributed by atoms with Gasteiger partial charge in [0.05, 0.1) is 0 Å². The Kier molecular flexibility index (Phi) is 32.8. The first-order valence-electron chi connectivity index (χ1n) is 17.4. The van der Waals surface area contributed by atoms with E-state index in [1.54, 1.807) is 0 Å². The number of unbranched alkanes of at least 4 members (excludes halogenated alkanes) is 21. The SMILES string of the molecule is CCCCCCCCCCCCC(CCCCCCC)C(N)(CCCCCCC)CCCCCCC.Cl. The van der Waals surface area contributed by atoms with Crippen LogP contribution < -0.4 is 5.73 Å². The summed E-state index contributed by atoms with van der Waals surface area (Å²) in [6.07, 6.45) is 40.5. The Bertz CT molecular complexity index is 396. The zero-order valence-electron chi connectivity index (χ0n) is 26.6. The van der Waals surface area contributed by atoms with Crippen molar-refractivity contribution in [2.24, 2.45) is 11.7 Å². The summed E-state index contributed by atoms with van der Waals surface area (Å²) in [5.41, 5.74) is 7.53. The first-order valence-corrected chi connectivity index (χ1v) is 17.4. The Balaban J connectivity index is 0. The molecule has 0 aliphatic carbocycles. The number of halogens is 1. The monoisotopic (exact) mass is 544 g/mol. The molecule has 0 aliphatic heterocycles. The Morgan fingerprint density at radius 1 is 0.378 bits per heavy atom. The standard InChI is InChI=1S/C35H73N.ClH/c1-5-9-13-17-18-19-20-21-23-27-31-34(30-26-22-14-10-6-2)35(36,32-28-24-15-11-7-3)33-29-25-16-12-8-4;/h34H,5-33,36H2,1-4H3;1H. The van der Waals surface area contributed by atoms with Gasteiger partial charge in [0.15, 0.2) is 0 Å². The van der Waals surface area contributed by atoms with Crippen molar-refractivity contribution in [3.8, 4) is 0 Å². The molecule has 0 saturated carbocycles. The maximum absolute atomic E-state index is 7.43. The minimum atomic E-state index is 0. The van der Waals surface area contributed by atoms with Crippen molar-refractivity contribution in [3.05, 3.63) is 0 Å². The lowest BCUT2D eigenvalue weighted by Gasteiger charge is -2.39. The topological polar surface area (TPSA) is 26.0 Å². The van der Waals surface area contributed by atoms with Gasteiger partial charge in [-0.3, -0.25) is 0 Å². The molecule has 0 aromatic heterocycles. The molecule has 1 unspecified atom stereocenters. The molecule has 0 heterocycles. The van der Waals surface area contributed by atoms with Gasteiger partial charge in [-0.05, 0) is 31.6 Å². The normalized spacial score (nSPS) is 12.6. The second kappa shape index (κ2) is 30.8. The first-order chi connectivity index (χ1) is 17.6. The maximum atomic E-state index is 7.43. The Morgan fingerprint density at radius 3 is 0.919 bits per heavy atom. The van der Waals surface area contributed by atoms with Gasteiger partial charge in [-0.15, -0.1) is 12.4 Å². The summed E-state index contributed by atoms with van der Waals surface area (Å²) in [5, 5.41) is 0. The van der Waals surface area contributed by atoms with Crippen LogP contribution in [0, 0.1) is 5.92 Å². The zero-order valence-corrected chi connectivity index (χ0v) is 27.4. The largest absolute Gasteiger partial charge is 0.325 e. The summed E-state index contributed by atoms with van der Waals surface area (Å²) < 4.78 is 0. The van der Waals surface area contributed by atoms with Gasteiger partial charge in [-0.25, -0.2) is 0 Å². The molecule has 0 aliphatic rings. The van der Waals surface area contributed by atoms with Crippen LogP contribution in [0.15, 0.2) is 0 Å². The van der Waals surface area contributed by atoms with Gasteiger partial charge in [0.25, 0.3) is 0 Å². The quantitative estimate of drug-likeness (QED) is 0.0895. The van der Waals surface area contributed by atoms with Crippen molar-refractivity contribution in [2.45, 2.75) is 219 Å². The first kappa shape index (κ1) is 39.4. The fourth-order valence-electron chi connectivity index (χ4n) is 6.24. The molecule has 1 nitrogen and oxygen atoms in total. The van der Waals surface area contributed by atoms with Crippen LogP contribution in [0.1, 0.15) is 214 Å². The van der Waals surface area contributed by atoms with Crippen LogP contribution in [0.2, 0.25) is 0 Å². The highest BCUT2D eigenvalue weighted by molar-refractivity contribution is 5.85. The third-order valence-corrected chi connectivity index (χ3v) is 8.87. The Morgan fingerprint density at radius 2 is 0.622 bits per heavy atom. The van der Waals surface area contributed by atoms with Gasteiger partial charge < -0.3 is 5.73 Å². The summed E-state index contributed by atoms with van der Waals surface area (Å²) in [4.78, 5) is 0. The lowest BCUT2D eigenvalue weighted by molar-refractivity contribution is 0.189. The number of hydrogen-bond acceptors (Lipinski definition) is 1. The minimum absolute atomic E-state index is 0. The number of hydrogen-bond donors (Lipinski definition) is 1. The highest BCUT2D eigenvalue weighted by Gasteiger charge is 2.33. The smallest absolute Gasteiger partial charge is 0.0182 e. The third-order valence-electron chi connectivity index (χ3n) is 8.87. The van der Waals surface area contributed by atoms with Gasteiger partial charge in [0.2, 0.25) is 0 Å². The average Bonchev–Trinajstić information content (AvgIpc) is 2.88. The van der Waals surface area contributed by atoms with E-state index >= 15 is 0 Å². The van der Waals surface area contributed by atoms with Crippen molar-refractivity contribution in [1.29, 1.82) is 0 Å². The average molecular weight is 544 g/mol. The molecule has 0 spiro atoms. The van der Waals surface area contributed by atoms with Crippen LogP contribution >= 0.6 is 12.4 Å². The molecule has 226 valence electrons. The minimum Gasteiger partial charge on any atom is -0.325 e. The van der Waals surface area contributed by atoms with Crippen LogP contribution in [0.4, 0.5) is 0 Å². The predicted octanol–water partition coefficient (Wildman–Crippen LogP) is 13.1. The molecule has 0 radical (unpaired) electrons. The lowest BCUT2D eigenvalue weighted by Crippen LogP contribution is -2.47. The molecule has 0 rings (SSSR count). The van der Waals surface area contributed by atoms with Crippen molar-refractivity contribution >= 4 is 12.4 Å². The molecule has 0 aromatic rings. The Hall–Kier alpha value is 0.250. The van der Waals surface area contributed by atoms with Crippen molar-refractivity contribution in [3.63, 3.8) is 0 Å². The lowest BCUT2D eigenvalue weighted by atomic mass is 9.72. The van der Waals surface area contributed by atoms with Crippen molar-refractivity contribution in [1.82, 2.24) is 0 Å². The van der Waals surface area contributed by atoms with E-state index in [1.165, 1.54) is 186 Å². The van der Waals surface area contributed by atoms with Crippen molar-refractivity contribution in [2.75, 3.05) is 0 Å². The Labute approximate surface area is 243 Å². The van der Waals surface area contributed by atoms with Gasteiger partial charge in [-0.1, -0.05) is 188 Å². The summed E-state index contributed by atoms with van der Waals surface area (Å²) in [6.45, 7) is 9.29. The molecular weight excluding hydrogens is 470 g/mol. The van der Waals surface area contributed by atoms with Crippen LogP contribution in [-0.2, 0) is 0 Å². The van der Waals surface area contributed by atoms with Crippen LogP contribution in [-0.4, -0.2) is 5.54 Å². The molecule has 0 saturated heterocycles. The van der Waals surface area contributed by atoms with E-state index < -0.39 is 0 Å². The number of rotatable bonds is 30. The predicted molar refractivity (Wildman–Crippen MR) is 174 cm³/mol. The molecule has 0 amide bonds. The van der Waals surface area contributed by atoms with E-state index in [1.807, 2.05) is 0 Å². The number of nitrogens with two attached hydrogens (primary N) is 1. The summed E-state index contributed by atoms with van der Waals surface area (Å²) in [6, 6.07) is 0. The van der Waals surface area contributed by atoms with Gasteiger partial charge in [0, 0.05) is 5.54 Å². The zero-order chi connectivity index (χ0) is 26.6. The molecule has 2 heteroatoms. The second-order valence-corrected chi connectivity index (χ2v) is 12.4.